The van der Waals surface area contributed by atoms with Crippen molar-refractivity contribution in [1.82, 2.24) is 14.7 Å². The Labute approximate surface area is 202 Å². The van der Waals surface area contributed by atoms with Gasteiger partial charge in [-0.05, 0) is 41.8 Å². The van der Waals surface area contributed by atoms with Crippen molar-refractivity contribution in [3.8, 4) is 0 Å². The molecule has 2 saturated heterocycles. The Hall–Kier alpha value is -3.00. The number of fused-ring (bicyclic) bond motifs is 1. The Balaban J connectivity index is 1.23. The molecule has 5 rings (SSSR count). The van der Waals surface area contributed by atoms with Crippen molar-refractivity contribution in [2.45, 2.75) is 12.1 Å². The number of carbonyl (C=O) groups excluding carboxylic acids is 2. The van der Waals surface area contributed by atoms with E-state index >= 15 is 0 Å². The number of amides is 2. The number of aliphatic hydroxyl groups excluding tert-OH is 1. The minimum absolute atomic E-state index is 0.123. The third-order valence-corrected chi connectivity index (χ3v) is 7.06. The van der Waals surface area contributed by atoms with E-state index in [9.17, 15) is 19.1 Å². The molecule has 0 spiro atoms. The number of nitrogens with zero attached hydrogens (tertiary/aromatic N) is 3. The number of carbonyl (C=O) groups is 2. The molecule has 0 radical (unpaired) electrons. The molecule has 0 aromatic heterocycles. The second-order valence-electron chi connectivity index (χ2n) is 8.82. The van der Waals surface area contributed by atoms with Gasteiger partial charge >= 0.3 is 0 Å². The lowest BCUT2D eigenvalue weighted by atomic mass is 10.0. The van der Waals surface area contributed by atoms with E-state index in [1.54, 1.807) is 64.4 Å². The van der Waals surface area contributed by atoms with Crippen molar-refractivity contribution in [2.24, 2.45) is 0 Å². The molecule has 2 fully saturated rings. The van der Waals surface area contributed by atoms with Gasteiger partial charge in [0.1, 0.15) is 5.82 Å². The van der Waals surface area contributed by atoms with Crippen molar-refractivity contribution in [3.05, 3.63) is 82.6 Å². The van der Waals surface area contributed by atoms with Crippen LogP contribution in [0.25, 0.3) is 10.8 Å². The molecule has 0 aliphatic carbocycles. The maximum atomic E-state index is 14.2. The van der Waals surface area contributed by atoms with E-state index in [0.29, 0.717) is 59.6 Å². The predicted octanol–water partition coefficient (Wildman–Crippen LogP) is 3.28. The minimum Gasteiger partial charge on any atom is -0.390 e. The molecule has 2 heterocycles. The van der Waals surface area contributed by atoms with Gasteiger partial charge in [0.2, 0.25) is 0 Å². The lowest BCUT2D eigenvalue weighted by molar-refractivity contribution is 0.0377. The van der Waals surface area contributed by atoms with Crippen LogP contribution in [0.1, 0.15) is 20.7 Å². The number of aliphatic hydroxyl groups is 1. The topological polar surface area (TPSA) is 64.1 Å². The fourth-order valence-corrected chi connectivity index (χ4v) is 5.07. The first-order valence-electron chi connectivity index (χ1n) is 11.4. The number of hydrogen-bond donors (Lipinski definition) is 1. The van der Waals surface area contributed by atoms with Gasteiger partial charge in [0.25, 0.3) is 11.8 Å². The van der Waals surface area contributed by atoms with Crippen LogP contribution in [-0.4, -0.2) is 83.0 Å². The average molecular weight is 482 g/mol. The number of hydrogen-bond acceptors (Lipinski definition) is 4. The van der Waals surface area contributed by atoms with E-state index in [1.807, 2.05) is 0 Å². The fraction of sp³-hybridized carbons (Fsp3) is 0.308. The minimum atomic E-state index is -0.653. The van der Waals surface area contributed by atoms with Crippen molar-refractivity contribution >= 4 is 34.2 Å². The van der Waals surface area contributed by atoms with Gasteiger partial charge in [-0.1, -0.05) is 35.9 Å². The SMILES string of the molecule is O=C(c1ccc(Cl)cc1)N1CC(O)C(N2CCN(C(=O)c3ccc(F)c4ccccc34)CC2)C1. The van der Waals surface area contributed by atoms with E-state index in [2.05, 4.69) is 4.90 Å². The molecule has 2 amide bonds. The van der Waals surface area contributed by atoms with Gasteiger partial charge in [-0.25, -0.2) is 4.39 Å². The third kappa shape index (κ3) is 4.27. The van der Waals surface area contributed by atoms with Crippen LogP contribution in [0.15, 0.2) is 60.7 Å². The standard InChI is InChI=1S/C26H25ClFN3O3/c27-18-7-5-17(6-8-18)25(33)31-15-23(24(32)16-31)29-11-13-30(14-12-29)26(34)21-9-10-22(28)20-4-2-1-3-19(20)21/h1-10,23-24,32H,11-16H2. The fourth-order valence-electron chi connectivity index (χ4n) is 4.94. The molecule has 34 heavy (non-hydrogen) atoms. The molecule has 2 atom stereocenters. The molecular formula is C26H25ClFN3O3. The summed E-state index contributed by atoms with van der Waals surface area (Å²) in [6.07, 6.45) is -0.653. The molecule has 0 saturated carbocycles. The van der Waals surface area contributed by atoms with Crippen LogP contribution in [0.2, 0.25) is 5.02 Å². The number of likely N-dealkylation sites (tertiary alicyclic amines) is 1. The molecule has 176 valence electrons. The van der Waals surface area contributed by atoms with Gasteiger partial charge in [0, 0.05) is 60.8 Å². The molecule has 2 aliphatic heterocycles. The average Bonchev–Trinajstić information content (AvgIpc) is 3.26. The number of β-amino-alcohol motifs (C(OH)–C–C–N with tert-alkyl or cyclic N) is 1. The molecule has 2 aliphatic rings. The summed E-state index contributed by atoms with van der Waals surface area (Å²) < 4.78 is 14.2. The maximum Gasteiger partial charge on any atom is 0.254 e. The van der Waals surface area contributed by atoms with Gasteiger partial charge in [-0.15, -0.1) is 0 Å². The Bertz CT molecular complexity index is 1230. The van der Waals surface area contributed by atoms with E-state index in [1.165, 1.54) is 6.07 Å². The van der Waals surface area contributed by atoms with Gasteiger partial charge in [0.05, 0.1) is 12.1 Å². The van der Waals surface area contributed by atoms with Crippen molar-refractivity contribution in [3.63, 3.8) is 0 Å². The summed E-state index contributed by atoms with van der Waals surface area (Å²) in [5.41, 5.74) is 1.03. The predicted molar refractivity (Wildman–Crippen MR) is 129 cm³/mol. The zero-order valence-electron chi connectivity index (χ0n) is 18.5. The Morgan fingerprint density at radius 1 is 0.824 bits per heavy atom. The quantitative estimate of drug-likeness (QED) is 0.623. The second kappa shape index (κ2) is 9.33. The zero-order valence-corrected chi connectivity index (χ0v) is 19.3. The summed E-state index contributed by atoms with van der Waals surface area (Å²) in [6, 6.07) is 16.4. The van der Waals surface area contributed by atoms with Gasteiger partial charge in [-0.3, -0.25) is 14.5 Å². The number of benzene rings is 3. The van der Waals surface area contributed by atoms with Crippen molar-refractivity contribution in [2.75, 3.05) is 39.3 Å². The van der Waals surface area contributed by atoms with Crippen molar-refractivity contribution < 1.29 is 19.1 Å². The molecule has 1 N–H and O–H groups in total. The van der Waals surface area contributed by atoms with Crippen LogP contribution in [0.3, 0.4) is 0 Å². The first-order chi connectivity index (χ1) is 16.4. The van der Waals surface area contributed by atoms with Gasteiger partial charge < -0.3 is 14.9 Å². The highest BCUT2D eigenvalue weighted by Gasteiger charge is 2.39. The summed E-state index contributed by atoms with van der Waals surface area (Å²) in [4.78, 5) is 31.6. The molecule has 8 heteroatoms. The zero-order chi connectivity index (χ0) is 23.8. The normalized spacial score (nSPS) is 21.3. The van der Waals surface area contributed by atoms with Crippen LogP contribution in [0, 0.1) is 5.82 Å². The van der Waals surface area contributed by atoms with E-state index in [0.717, 1.165) is 0 Å². The molecule has 2 unspecified atom stereocenters. The summed E-state index contributed by atoms with van der Waals surface area (Å²) in [7, 11) is 0. The molecule has 3 aromatic carbocycles. The highest BCUT2D eigenvalue weighted by molar-refractivity contribution is 6.30. The largest absolute Gasteiger partial charge is 0.390 e. The summed E-state index contributed by atoms with van der Waals surface area (Å²) in [5.74, 6) is -0.595. The van der Waals surface area contributed by atoms with E-state index < -0.39 is 6.10 Å². The summed E-state index contributed by atoms with van der Waals surface area (Å²) in [6.45, 7) is 2.88. The van der Waals surface area contributed by atoms with Crippen LogP contribution in [0.5, 0.6) is 0 Å². The highest BCUT2D eigenvalue weighted by atomic mass is 35.5. The number of rotatable bonds is 3. The smallest absolute Gasteiger partial charge is 0.254 e. The molecular weight excluding hydrogens is 457 g/mol. The van der Waals surface area contributed by atoms with E-state index in [-0.39, 0.29) is 30.2 Å². The van der Waals surface area contributed by atoms with Gasteiger partial charge in [-0.2, -0.15) is 0 Å². The summed E-state index contributed by atoms with van der Waals surface area (Å²) in [5, 5.41) is 12.3. The van der Waals surface area contributed by atoms with Gasteiger partial charge in [0.15, 0.2) is 0 Å². The number of piperazine rings is 1. The Morgan fingerprint density at radius 2 is 1.50 bits per heavy atom. The lowest BCUT2D eigenvalue weighted by Gasteiger charge is -2.38. The summed E-state index contributed by atoms with van der Waals surface area (Å²) >= 11 is 5.92. The molecule has 0 bridgehead atoms. The molecule has 3 aromatic rings. The Morgan fingerprint density at radius 3 is 2.21 bits per heavy atom. The highest BCUT2D eigenvalue weighted by Crippen LogP contribution is 2.25. The van der Waals surface area contributed by atoms with Crippen molar-refractivity contribution in [1.29, 1.82) is 0 Å². The van der Waals surface area contributed by atoms with Crippen LogP contribution in [0.4, 0.5) is 4.39 Å². The lowest BCUT2D eigenvalue weighted by Crippen LogP contribution is -2.55. The number of halogens is 2. The monoisotopic (exact) mass is 481 g/mol. The Kier molecular flexibility index (Phi) is 6.25. The maximum absolute atomic E-state index is 14.2. The first-order valence-corrected chi connectivity index (χ1v) is 11.7. The van der Waals surface area contributed by atoms with Crippen LogP contribution < -0.4 is 0 Å². The first kappa shape index (κ1) is 22.8. The van der Waals surface area contributed by atoms with Crippen LogP contribution >= 0.6 is 11.6 Å². The third-order valence-electron chi connectivity index (χ3n) is 6.81. The second-order valence-corrected chi connectivity index (χ2v) is 9.26. The van der Waals surface area contributed by atoms with Crippen LogP contribution in [-0.2, 0) is 0 Å². The molecule has 6 nitrogen and oxygen atoms in total. The van der Waals surface area contributed by atoms with E-state index in [4.69, 9.17) is 11.6 Å².